The van der Waals surface area contributed by atoms with Gasteiger partial charge in [0.25, 0.3) is 0 Å². The number of hydrogen-bond donors (Lipinski definition) is 1. The molecular formula is C24H23N5O3. The Hall–Kier alpha value is -4.12. The molecule has 32 heavy (non-hydrogen) atoms. The van der Waals surface area contributed by atoms with Crippen LogP contribution in [0, 0.1) is 17.8 Å². The van der Waals surface area contributed by atoms with E-state index >= 15 is 0 Å². The van der Waals surface area contributed by atoms with Crippen LogP contribution < -0.4 is 9.47 Å². The highest BCUT2D eigenvalue weighted by Crippen LogP contribution is 2.26. The number of fused-ring (bicyclic) bond motifs is 1. The minimum absolute atomic E-state index is 0.0473. The van der Waals surface area contributed by atoms with E-state index in [4.69, 9.17) is 9.47 Å². The van der Waals surface area contributed by atoms with Crippen LogP contribution in [0.1, 0.15) is 12.1 Å². The van der Waals surface area contributed by atoms with Crippen LogP contribution in [0.5, 0.6) is 11.5 Å². The summed E-state index contributed by atoms with van der Waals surface area (Å²) in [6, 6.07) is 9.30. The van der Waals surface area contributed by atoms with Gasteiger partial charge in [0.2, 0.25) is 5.91 Å². The molecule has 1 saturated heterocycles. The lowest BCUT2D eigenvalue weighted by molar-refractivity contribution is -0.125. The van der Waals surface area contributed by atoms with E-state index in [0.717, 1.165) is 11.8 Å². The lowest BCUT2D eigenvalue weighted by atomic mass is 10.1. The number of H-pyrrole nitrogens is 1. The van der Waals surface area contributed by atoms with Gasteiger partial charge in [-0.2, -0.15) is 0 Å². The van der Waals surface area contributed by atoms with E-state index in [0.29, 0.717) is 41.7 Å². The van der Waals surface area contributed by atoms with E-state index < -0.39 is 0 Å². The van der Waals surface area contributed by atoms with Crippen molar-refractivity contribution in [2.75, 3.05) is 26.8 Å². The summed E-state index contributed by atoms with van der Waals surface area (Å²) in [5, 5.41) is 0.788. The molecule has 1 amide bonds. The predicted molar refractivity (Wildman–Crippen MR) is 122 cm³/mol. The van der Waals surface area contributed by atoms with Crippen molar-refractivity contribution >= 4 is 29.0 Å². The maximum Gasteiger partial charge on any atom is 0.245 e. The summed E-state index contributed by atoms with van der Waals surface area (Å²) < 4.78 is 10.9. The van der Waals surface area contributed by atoms with Gasteiger partial charge in [0.05, 0.1) is 18.2 Å². The van der Waals surface area contributed by atoms with Gasteiger partial charge in [0, 0.05) is 25.2 Å². The highest BCUT2D eigenvalue weighted by Gasteiger charge is 2.23. The Labute approximate surface area is 186 Å². The van der Waals surface area contributed by atoms with Gasteiger partial charge >= 0.3 is 0 Å². The third kappa shape index (κ3) is 4.78. The van der Waals surface area contributed by atoms with Crippen LogP contribution >= 0.6 is 0 Å². The molecule has 8 nitrogen and oxygen atoms in total. The molecule has 0 radical (unpaired) electrons. The highest BCUT2D eigenvalue weighted by atomic mass is 16.5. The molecule has 0 aliphatic carbocycles. The monoisotopic (exact) mass is 429 g/mol. The topological polar surface area (TPSA) is 92.7 Å². The van der Waals surface area contributed by atoms with E-state index in [-0.39, 0.29) is 18.4 Å². The van der Waals surface area contributed by atoms with Crippen LogP contribution in [0.2, 0.25) is 0 Å². The number of aromatic amines is 1. The van der Waals surface area contributed by atoms with Crippen LogP contribution in [-0.4, -0.2) is 58.8 Å². The molecule has 2 aromatic heterocycles. The third-order valence-electron chi connectivity index (χ3n) is 5.12. The molecule has 1 unspecified atom stereocenters. The van der Waals surface area contributed by atoms with Gasteiger partial charge < -0.3 is 19.4 Å². The van der Waals surface area contributed by atoms with Gasteiger partial charge in [0.15, 0.2) is 17.3 Å². The highest BCUT2D eigenvalue weighted by molar-refractivity contribution is 5.89. The summed E-state index contributed by atoms with van der Waals surface area (Å²) in [5.74, 6) is 8.05. The Bertz CT molecular complexity index is 1220. The number of aliphatic imine (C=N–C) groups is 1. The molecule has 3 heterocycles. The molecule has 162 valence electrons. The number of carbonyl (C=O) groups is 1. The molecule has 0 bridgehead atoms. The number of nitrogens with zero attached hydrogens (tertiary/aromatic N) is 4. The van der Waals surface area contributed by atoms with Gasteiger partial charge in [-0.25, -0.2) is 15.0 Å². The number of aromatic nitrogens is 3. The molecule has 1 atom stereocenters. The van der Waals surface area contributed by atoms with Crippen molar-refractivity contribution < 1.29 is 14.3 Å². The molecule has 1 N–H and O–H groups in total. The number of hydrogen-bond acceptors (Lipinski definition) is 6. The quantitative estimate of drug-likeness (QED) is 0.369. The Morgan fingerprint density at radius 1 is 1.38 bits per heavy atom. The third-order valence-corrected chi connectivity index (χ3v) is 5.12. The summed E-state index contributed by atoms with van der Waals surface area (Å²) >= 11 is 0. The molecule has 1 aliphatic rings. The fraction of sp³-hybridized carbons (Fsp3) is 0.250. The second-order valence-corrected chi connectivity index (χ2v) is 7.20. The molecular weight excluding hydrogens is 406 g/mol. The van der Waals surface area contributed by atoms with Crippen molar-refractivity contribution in [1.82, 2.24) is 19.9 Å². The van der Waals surface area contributed by atoms with Gasteiger partial charge in [-0.1, -0.05) is 24.6 Å². The zero-order valence-corrected chi connectivity index (χ0v) is 17.7. The number of amides is 1. The molecule has 3 aromatic rings. The van der Waals surface area contributed by atoms with E-state index in [2.05, 4.69) is 38.4 Å². The second kappa shape index (κ2) is 9.79. The first kappa shape index (κ1) is 21.1. The number of ether oxygens (including phenoxy) is 2. The Kier molecular flexibility index (Phi) is 6.46. The van der Waals surface area contributed by atoms with E-state index in [1.54, 1.807) is 12.0 Å². The lowest BCUT2D eigenvalue weighted by Gasteiger charge is -2.12. The van der Waals surface area contributed by atoms with E-state index in [1.807, 2.05) is 36.5 Å². The van der Waals surface area contributed by atoms with Crippen molar-refractivity contribution in [3.05, 3.63) is 55.0 Å². The molecule has 4 rings (SSSR count). The molecule has 1 fully saturated rings. The average molecular weight is 429 g/mol. The number of benzene rings is 1. The van der Waals surface area contributed by atoms with Crippen LogP contribution in [-0.2, 0) is 4.79 Å². The minimum atomic E-state index is -0.0473. The summed E-state index contributed by atoms with van der Waals surface area (Å²) in [5.41, 5.74) is 1.36. The van der Waals surface area contributed by atoms with Gasteiger partial charge in [-0.15, -0.1) is 0 Å². The molecule has 8 heteroatoms. The van der Waals surface area contributed by atoms with Crippen LogP contribution in [0.4, 0.5) is 5.82 Å². The number of rotatable bonds is 6. The van der Waals surface area contributed by atoms with Gasteiger partial charge in [-0.05, 0) is 36.6 Å². The smallest absolute Gasteiger partial charge is 0.245 e. The first-order valence-electron chi connectivity index (χ1n) is 10.2. The first-order valence-corrected chi connectivity index (χ1v) is 10.2. The van der Waals surface area contributed by atoms with Crippen molar-refractivity contribution in [2.24, 2.45) is 10.9 Å². The number of para-hydroxylation sites is 2. The fourth-order valence-corrected chi connectivity index (χ4v) is 3.49. The van der Waals surface area contributed by atoms with Crippen molar-refractivity contribution in [3.8, 4) is 23.3 Å². The number of carbonyl (C=O) groups excluding carboxylic acids is 1. The van der Waals surface area contributed by atoms with Gasteiger partial charge in [-0.3, -0.25) is 4.79 Å². The number of likely N-dealkylation sites (tertiary alicyclic amines) is 1. The molecule has 1 aliphatic heterocycles. The zero-order chi connectivity index (χ0) is 22.3. The van der Waals surface area contributed by atoms with Crippen LogP contribution in [0.15, 0.2) is 54.3 Å². The Morgan fingerprint density at radius 3 is 3.03 bits per heavy atom. The maximum absolute atomic E-state index is 11.7. The Balaban J connectivity index is 1.43. The van der Waals surface area contributed by atoms with Crippen molar-refractivity contribution in [3.63, 3.8) is 0 Å². The fourth-order valence-electron chi connectivity index (χ4n) is 3.49. The zero-order valence-electron chi connectivity index (χ0n) is 17.7. The first-order chi connectivity index (χ1) is 15.7. The summed E-state index contributed by atoms with van der Waals surface area (Å²) in [7, 11) is 1.60. The lowest BCUT2D eigenvalue weighted by Crippen LogP contribution is -2.26. The minimum Gasteiger partial charge on any atom is -0.493 e. The van der Waals surface area contributed by atoms with Crippen molar-refractivity contribution in [1.29, 1.82) is 0 Å². The standard InChI is InChI=1S/C24H23N5O3/c1-3-22(30)29-11-10-17(15-29)14-25-23-19-13-18(28-24(19)27-16-26-23)7-6-12-32-21-9-5-4-8-20(21)31-2/h3-5,8-9,13-14,16-17H,1,10-12,15H2,2H3,(H,26,27,28)/b25-14-. The van der Waals surface area contributed by atoms with E-state index in [1.165, 1.54) is 12.4 Å². The summed E-state index contributed by atoms with van der Waals surface area (Å²) in [4.78, 5) is 29.8. The molecule has 0 spiro atoms. The number of methoxy groups -OCH3 is 1. The summed E-state index contributed by atoms with van der Waals surface area (Å²) in [6.45, 7) is 5.10. The van der Waals surface area contributed by atoms with Crippen LogP contribution in [0.3, 0.4) is 0 Å². The molecule has 1 aromatic carbocycles. The second-order valence-electron chi connectivity index (χ2n) is 7.20. The largest absolute Gasteiger partial charge is 0.493 e. The molecule has 0 saturated carbocycles. The number of nitrogens with one attached hydrogen (secondary N) is 1. The van der Waals surface area contributed by atoms with Crippen LogP contribution in [0.25, 0.3) is 11.0 Å². The SMILES string of the molecule is C=CC(=O)N1CCC(/C=N\c2ncnc3[nH]c(C#CCOc4ccccc4OC)cc23)C1. The predicted octanol–water partition coefficient (Wildman–Crippen LogP) is 3.13. The average Bonchev–Trinajstić information content (AvgIpc) is 3.47. The summed E-state index contributed by atoms with van der Waals surface area (Å²) in [6.07, 6.45) is 5.54. The maximum atomic E-state index is 11.7. The normalized spacial score (nSPS) is 15.5. The van der Waals surface area contributed by atoms with Crippen molar-refractivity contribution in [2.45, 2.75) is 6.42 Å². The van der Waals surface area contributed by atoms with E-state index in [9.17, 15) is 4.79 Å². The van der Waals surface area contributed by atoms with Gasteiger partial charge in [0.1, 0.15) is 18.6 Å². The Morgan fingerprint density at radius 2 is 2.22 bits per heavy atom.